The Balaban J connectivity index is 1.38. The van der Waals surface area contributed by atoms with Crippen molar-refractivity contribution in [2.75, 3.05) is 11.1 Å². The van der Waals surface area contributed by atoms with Crippen LogP contribution in [-0.2, 0) is 7.05 Å². The molecule has 2 aromatic carbocycles. The van der Waals surface area contributed by atoms with E-state index in [4.69, 9.17) is 12.3 Å². The summed E-state index contributed by atoms with van der Waals surface area (Å²) in [7, 11) is 1.68. The minimum atomic E-state index is -0.794. The summed E-state index contributed by atoms with van der Waals surface area (Å²) in [4.78, 5) is 23.8. The number of fused-ring (bicyclic) bond motifs is 1. The third-order valence-electron chi connectivity index (χ3n) is 7.70. The van der Waals surface area contributed by atoms with Crippen molar-refractivity contribution >= 4 is 34.1 Å². The van der Waals surface area contributed by atoms with Gasteiger partial charge in [0.15, 0.2) is 17.5 Å². The number of nitrogen functional groups attached to an aromatic ring is 1. The summed E-state index contributed by atoms with van der Waals surface area (Å²) in [6.07, 6.45) is 5.65. The molecule has 0 saturated heterocycles. The summed E-state index contributed by atoms with van der Waals surface area (Å²) in [5.74, 6) is -2.60. The van der Waals surface area contributed by atoms with Crippen molar-refractivity contribution in [2.45, 2.75) is 37.8 Å². The zero-order valence-corrected chi connectivity index (χ0v) is 23.1. The van der Waals surface area contributed by atoms with Gasteiger partial charge in [0.2, 0.25) is 5.69 Å². The summed E-state index contributed by atoms with van der Waals surface area (Å²) >= 11 is 0. The number of H-pyrrole nitrogens is 1. The average Bonchev–Trinajstić information content (AvgIpc) is 3.56. The molecule has 0 unspecified atom stereocenters. The van der Waals surface area contributed by atoms with Crippen LogP contribution < -0.4 is 16.4 Å². The van der Waals surface area contributed by atoms with E-state index in [1.165, 1.54) is 10.9 Å². The van der Waals surface area contributed by atoms with E-state index in [9.17, 15) is 13.6 Å². The highest BCUT2D eigenvalue weighted by Gasteiger charge is 2.29. The molecule has 2 atom stereocenters. The van der Waals surface area contributed by atoms with Crippen LogP contribution in [0.25, 0.3) is 38.1 Å². The zero-order chi connectivity index (χ0) is 30.2. The van der Waals surface area contributed by atoms with Gasteiger partial charge in [0.05, 0.1) is 17.8 Å². The summed E-state index contributed by atoms with van der Waals surface area (Å²) in [5.41, 5.74) is 6.95. The fourth-order valence-electron chi connectivity index (χ4n) is 5.75. The average molecular weight is 585 g/mol. The molecule has 12 heteroatoms. The standard InChI is InChI=1S/C31H27F3N8O/c1-36-28-24(16-7-4-3-5-8-16)25(34)30(40-27(28)21-14-37-26-20(21)11-17(32)12-23(26)33)38-18-9-6-10-19(13-18)39-31(43)22-15-42(2)41-29(22)35/h3-5,7-8,11-12,14-15,18-19,37H,6,9-10,13H2,2H3,(H2,35,41)(H,38,40)(H,39,43)/t18-,19+/m0/s1. The molecule has 0 bridgehead atoms. The van der Waals surface area contributed by atoms with Crippen LogP contribution >= 0.6 is 0 Å². The van der Waals surface area contributed by atoms with E-state index in [1.54, 1.807) is 43.6 Å². The molecule has 1 aliphatic rings. The molecule has 1 aliphatic carbocycles. The van der Waals surface area contributed by atoms with E-state index in [2.05, 4.69) is 30.5 Å². The minimum absolute atomic E-state index is 0.0297. The Kier molecular flexibility index (Phi) is 7.23. The zero-order valence-electron chi connectivity index (χ0n) is 23.1. The molecule has 5 N–H and O–H groups in total. The van der Waals surface area contributed by atoms with Crippen molar-refractivity contribution in [1.29, 1.82) is 0 Å². The van der Waals surface area contributed by atoms with Gasteiger partial charge < -0.3 is 21.4 Å². The number of carbonyl (C=O) groups excluding carboxylic acids is 1. The maximum atomic E-state index is 16.3. The normalized spacial score (nSPS) is 16.6. The van der Waals surface area contributed by atoms with Gasteiger partial charge in [-0.2, -0.15) is 5.10 Å². The van der Waals surface area contributed by atoms with Crippen molar-refractivity contribution in [3.63, 3.8) is 0 Å². The number of benzene rings is 2. The number of hydrogen-bond donors (Lipinski definition) is 4. The van der Waals surface area contributed by atoms with Gasteiger partial charge in [-0.3, -0.25) is 9.48 Å². The smallest absolute Gasteiger partial charge is 0.256 e. The second-order valence-electron chi connectivity index (χ2n) is 10.6. The van der Waals surface area contributed by atoms with Gasteiger partial charge in [0, 0.05) is 54.1 Å². The van der Waals surface area contributed by atoms with E-state index in [-0.39, 0.29) is 68.6 Å². The molecule has 3 aromatic heterocycles. The number of anilines is 2. The first-order valence-corrected chi connectivity index (χ1v) is 13.7. The van der Waals surface area contributed by atoms with E-state index in [0.29, 0.717) is 18.4 Å². The van der Waals surface area contributed by atoms with Crippen LogP contribution in [-0.4, -0.2) is 37.7 Å². The van der Waals surface area contributed by atoms with E-state index in [1.807, 2.05) is 0 Å². The Bertz CT molecular complexity index is 1890. The molecular weight excluding hydrogens is 557 g/mol. The lowest BCUT2D eigenvalue weighted by molar-refractivity contribution is 0.0927. The van der Waals surface area contributed by atoms with Crippen molar-refractivity contribution in [1.82, 2.24) is 25.1 Å². The lowest BCUT2D eigenvalue weighted by Gasteiger charge is -2.31. The number of nitrogens with two attached hydrogens (primary N) is 1. The van der Waals surface area contributed by atoms with Gasteiger partial charge in [-0.25, -0.2) is 23.0 Å². The quantitative estimate of drug-likeness (QED) is 0.174. The minimum Gasteiger partial charge on any atom is -0.382 e. The van der Waals surface area contributed by atoms with Crippen molar-refractivity contribution in [3.8, 4) is 22.4 Å². The molecule has 218 valence electrons. The largest absolute Gasteiger partial charge is 0.382 e. The molecule has 9 nitrogen and oxygen atoms in total. The molecule has 43 heavy (non-hydrogen) atoms. The number of aromatic nitrogens is 4. The number of halogens is 3. The third kappa shape index (κ3) is 5.25. The van der Waals surface area contributed by atoms with Crippen LogP contribution in [0.15, 0.2) is 54.9 Å². The number of pyridine rings is 1. The fourth-order valence-corrected chi connectivity index (χ4v) is 5.75. The van der Waals surface area contributed by atoms with Gasteiger partial charge in [-0.15, -0.1) is 0 Å². The number of nitrogens with zero attached hydrogens (tertiary/aromatic N) is 4. The van der Waals surface area contributed by atoms with Crippen LogP contribution in [0, 0.1) is 24.0 Å². The Morgan fingerprint density at radius 3 is 2.65 bits per heavy atom. The Hall–Kier alpha value is -5.31. The lowest BCUT2D eigenvalue weighted by Crippen LogP contribution is -2.42. The maximum absolute atomic E-state index is 16.3. The van der Waals surface area contributed by atoms with Gasteiger partial charge in [-0.1, -0.05) is 30.3 Å². The number of carbonyl (C=O) groups is 1. The number of amides is 1. The van der Waals surface area contributed by atoms with Crippen LogP contribution in [0.2, 0.25) is 0 Å². The summed E-state index contributed by atoms with van der Waals surface area (Å²) in [6.45, 7) is 7.95. The van der Waals surface area contributed by atoms with E-state index < -0.39 is 17.5 Å². The third-order valence-corrected chi connectivity index (χ3v) is 7.70. The van der Waals surface area contributed by atoms with Crippen molar-refractivity contribution in [3.05, 3.63) is 89.3 Å². The van der Waals surface area contributed by atoms with Crippen LogP contribution in [0.4, 0.5) is 30.5 Å². The maximum Gasteiger partial charge on any atom is 0.256 e. The second-order valence-corrected chi connectivity index (χ2v) is 10.6. The van der Waals surface area contributed by atoms with Gasteiger partial charge in [0.25, 0.3) is 5.91 Å². The molecular formula is C31H27F3N8O. The topological polar surface area (TPSA) is 118 Å². The van der Waals surface area contributed by atoms with Crippen LogP contribution in [0.5, 0.6) is 0 Å². The molecule has 0 spiro atoms. The first kappa shape index (κ1) is 27.8. The van der Waals surface area contributed by atoms with Crippen LogP contribution in [0.3, 0.4) is 0 Å². The molecule has 0 aliphatic heterocycles. The summed E-state index contributed by atoms with van der Waals surface area (Å²) in [5, 5.41) is 10.4. The highest BCUT2D eigenvalue weighted by Crippen LogP contribution is 2.44. The number of nitrogens with one attached hydrogen (secondary N) is 3. The first-order chi connectivity index (χ1) is 20.7. The molecule has 1 amide bonds. The number of rotatable bonds is 6. The molecule has 1 saturated carbocycles. The van der Waals surface area contributed by atoms with Crippen LogP contribution in [0.1, 0.15) is 36.0 Å². The first-order valence-electron chi connectivity index (χ1n) is 13.7. The Labute approximate surface area is 244 Å². The van der Waals surface area contributed by atoms with Crippen molar-refractivity contribution in [2.24, 2.45) is 7.05 Å². The van der Waals surface area contributed by atoms with Gasteiger partial charge >= 0.3 is 0 Å². The predicted molar refractivity (Wildman–Crippen MR) is 158 cm³/mol. The molecule has 1 fully saturated rings. The highest BCUT2D eigenvalue weighted by atomic mass is 19.1. The summed E-state index contributed by atoms with van der Waals surface area (Å²) < 4.78 is 46.6. The molecule has 3 heterocycles. The predicted octanol–water partition coefficient (Wildman–Crippen LogP) is 6.33. The monoisotopic (exact) mass is 584 g/mol. The second kappa shape index (κ2) is 11.2. The highest BCUT2D eigenvalue weighted by molar-refractivity contribution is 6.01. The van der Waals surface area contributed by atoms with Crippen molar-refractivity contribution < 1.29 is 18.0 Å². The fraction of sp³-hybridized carbons (Fsp3) is 0.226. The Morgan fingerprint density at radius 1 is 1.16 bits per heavy atom. The van der Waals surface area contributed by atoms with E-state index >= 15 is 4.39 Å². The Morgan fingerprint density at radius 2 is 1.93 bits per heavy atom. The van der Waals surface area contributed by atoms with Gasteiger partial charge in [0.1, 0.15) is 17.2 Å². The lowest BCUT2D eigenvalue weighted by atomic mass is 9.90. The number of aromatic amines is 1. The number of hydrogen-bond acceptors (Lipinski definition) is 5. The summed E-state index contributed by atoms with van der Waals surface area (Å²) in [6, 6.07) is 10.1. The SMILES string of the molecule is [C-]#[N+]c1c(-c2c[nH]c3c(F)cc(F)cc23)nc(N[C@H]2CCC[C@@H](NC(=O)c3cn(C)nc3N)C2)c(F)c1-c1ccccc1. The molecule has 5 aromatic rings. The van der Waals surface area contributed by atoms with E-state index in [0.717, 1.165) is 25.0 Å². The van der Waals surface area contributed by atoms with Gasteiger partial charge in [-0.05, 0) is 37.3 Å². The molecule has 6 rings (SSSR count). The molecule has 0 radical (unpaired) electrons. The number of aryl methyl sites for hydroxylation is 1.